The van der Waals surface area contributed by atoms with E-state index < -0.39 is 6.04 Å². The zero-order chi connectivity index (χ0) is 18.8. The van der Waals surface area contributed by atoms with E-state index in [-0.39, 0.29) is 18.4 Å². The van der Waals surface area contributed by atoms with Crippen LogP contribution in [0.25, 0.3) is 0 Å². The second kappa shape index (κ2) is 11.1. The van der Waals surface area contributed by atoms with Crippen molar-refractivity contribution >= 4 is 51.9 Å². The van der Waals surface area contributed by atoms with Crippen molar-refractivity contribution < 1.29 is 14.3 Å². The lowest BCUT2D eigenvalue weighted by Gasteiger charge is -2.18. The molecule has 1 atom stereocenters. The zero-order valence-corrected chi connectivity index (χ0v) is 17.4. The van der Waals surface area contributed by atoms with Crippen LogP contribution in [0, 0.1) is 3.57 Å². The molecule has 0 fully saturated rings. The van der Waals surface area contributed by atoms with Crippen LogP contribution >= 0.6 is 34.4 Å². The molecule has 2 aromatic carbocycles. The van der Waals surface area contributed by atoms with Crippen molar-refractivity contribution in [1.29, 1.82) is 0 Å². The first-order chi connectivity index (χ1) is 12.6. The summed E-state index contributed by atoms with van der Waals surface area (Å²) in [6.45, 7) is -0.128. The number of ether oxygens (including phenoxy) is 1. The molecule has 0 radical (unpaired) electrons. The minimum absolute atomic E-state index is 0.128. The predicted molar refractivity (Wildman–Crippen MR) is 115 cm³/mol. The lowest BCUT2D eigenvalue weighted by atomic mass is 10.2. The maximum absolute atomic E-state index is 12.5. The number of nitrogens with one attached hydrogen (secondary N) is 2. The van der Waals surface area contributed by atoms with E-state index in [0.717, 1.165) is 9.32 Å². The van der Waals surface area contributed by atoms with E-state index in [1.165, 1.54) is 0 Å². The second-order valence-electron chi connectivity index (χ2n) is 5.50. The first-order valence-corrected chi connectivity index (χ1v) is 10.6. The Morgan fingerprint density at radius 2 is 1.81 bits per heavy atom. The van der Waals surface area contributed by atoms with Gasteiger partial charge in [-0.1, -0.05) is 18.2 Å². The maximum atomic E-state index is 12.5. The number of para-hydroxylation sites is 1. The number of hydrogen-bond acceptors (Lipinski definition) is 4. The highest BCUT2D eigenvalue weighted by Crippen LogP contribution is 2.12. The fourth-order valence-corrected chi connectivity index (χ4v) is 3.00. The topological polar surface area (TPSA) is 67.4 Å². The molecule has 0 aromatic heterocycles. The van der Waals surface area contributed by atoms with Crippen LogP contribution in [0.15, 0.2) is 54.6 Å². The van der Waals surface area contributed by atoms with Crippen molar-refractivity contribution in [2.24, 2.45) is 0 Å². The Bertz CT molecular complexity index is 710. The average Bonchev–Trinajstić information content (AvgIpc) is 2.66. The van der Waals surface area contributed by atoms with Gasteiger partial charge in [0, 0.05) is 9.26 Å². The summed E-state index contributed by atoms with van der Waals surface area (Å²) >= 11 is 3.83. The van der Waals surface area contributed by atoms with Crippen molar-refractivity contribution in [1.82, 2.24) is 5.32 Å². The van der Waals surface area contributed by atoms with E-state index in [9.17, 15) is 9.59 Å². The molecule has 0 unspecified atom stereocenters. The molecule has 0 bridgehead atoms. The number of thioether (sulfide) groups is 1. The molecule has 2 aromatic rings. The van der Waals surface area contributed by atoms with E-state index >= 15 is 0 Å². The molecule has 0 aliphatic rings. The van der Waals surface area contributed by atoms with Crippen LogP contribution in [0.1, 0.15) is 6.42 Å². The Hall–Kier alpha value is -1.74. The third-order valence-electron chi connectivity index (χ3n) is 3.49. The van der Waals surface area contributed by atoms with Gasteiger partial charge in [0.2, 0.25) is 5.91 Å². The van der Waals surface area contributed by atoms with Crippen LogP contribution < -0.4 is 15.4 Å². The monoisotopic (exact) mass is 484 g/mol. The Balaban J connectivity index is 1.91. The van der Waals surface area contributed by atoms with Gasteiger partial charge in [0.05, 0.1) is 0 Å². The molecule has 7 heteroatoms. The summed E-state index contributed by atoms with van der Waals surface area (Å²) in [7, 11) is 0. The molecule has 0 saturated heterocycles. The van der Waals surface area contributed by atoms with Gasteiger partial charge in [-0.2, -0.15) is 11.8 Å². The van der Waals surface area contributed by atoms with Gasteiger partial charge in [-0.3, -0.25) is 9.59 Å². The lowest BCUT2D eigenvalue weighted by molar-refractivity contribution is -0.127. The number of amides is 2. The molecule has 0 aliphatic heterocycles. The predicted octanol–water partition coefficient (Wildman–Crippen LogP) is 3.55. The molecule has 2 amide bonds. The third-order valence-corrected chi connectivity index (χ3v) is 4.85. The molecule has 26 heavy (non-hydrogen) atoms. The SMILES string of the molecule is CSCC[C@@H](NC(=O)COc1ccccc1)C(=O)Nc1ccc(I)cc1. The normalized spacial score (nSPS) is 11.5. The Morgan fingerprint density at radius 1 is 1.12 bits per heavy atom. The number of rotatable bonds is 9. The van der Waals surface area contributed by atoms with Gasteiger partial charge in [0.25, 0.3) is 5.91 Å². The summed E-state index contributed by atoms with van der Waals surface area (Å²) in [5.74, 6) is 0.836. The van der Waals surface area contributed by atoms with Crippen LogP contribution in [-0.4, -0.2) is 36.5 Å². The fourth-order valence-electron chi connectivity index (χ4n) is 2.17. The Morgan fingerprint density at radius 3 is 2.46 bits per heavy atom. The quantitative estimate of drug-likeness (QED) is 0.535. The Kier molecular flexibility index (Phi) is 8.76. The second-order valence-corrected chi connectivity index (χ2v) is 7.73. The van der Waals surface area contributed by atoms with Crippen molar-refractivity contribution in [2.45, 2.75) is 12.5 Å². The van der Waals surface area contributed by atoms with E-state index in [0.29, 0.717) is 17.9 Å². The van der Waals surface area contributed by atoms with Crippen LogP contribution in [0.3, 0.4) is 0 Å². The van der Waals surface area contributed by atoms with Crippen LogP contribution in [0.2, 0.25) is 0 Å². The highest BCUT2D eigenvalue weighted by Gasteiger charge is 2.20. The van der Waals surface area contributed by atoms with Crippen LogP contribution in [-0.2, 0) is 9.59 Å². The molecular weight excluding hydrogens is 463 g/mol. The van der Waals surface area contributed by atoms with Crippen LogP contribution in [0.5, 0.6) is 5.75 Å². The van der Waals surface area contributed by atoms with Gasteiger partial charge >= 0.3 is 0 Å². The minimum Gasteiger partial charge on any atom is -0.484 e. The smallest absolute Gasteiger partial charge is 0.258 e. The highest BCUT2D eigenvalue weighted by atomic mass is 127. The first kappa shape index (κ1) is 20.6. The molecule has 138 valence electrons. The molecule has 0 aliphatic carbocycles. The van der Waals surface area contributed by atoms with Crippen molar-refractivity contribution in [2.75, 3.05) is 23.9 Å². The van der Waals surface area contributed by atoms with E-state index in [2.05, 4.69) is 33.2 Å². The summed E-state index contributed by atoms with van der Waals surface area (Å²) < 4.78 is 6.52. The number of hydrogen-bond donors (Lipinski definition) is 2. The molecule has 0 saturated carbocycles. The molecule has 0 spiro atoms. The van der Waals surface area contributed by atoms with Gasteiger partial charge in [0.15, 0.2) is 6.61 Å². The van der Waals surface area contributed by atoms with Gasteiger partial charge in [-0.25, -0.2) is 0 Å². The summed E-state index contributed by atoms with van der Waals surface area (Å²) in [5, 5.41) is 5.61. The minimum atomic E-state index is -0.603. The fraction of sp³-hybridized carbons (Fsp3) is 0.263. The van der Waals surface area contributed by atoms with Crippen molar-refractivity contribution in [3.8, 4) is 5.75 Å². The number of carbonyl (C=O) groups is 2. The lowest BCUT2D eigenvalue weighted by Crippen LogP contribution is -2.45. The molecule has 5 nitrogen and oxygen atoms in total. The number of benzene rings is 2. The third kappa shape index (κ3) is 7.25. The standard InChI is InChI=1S/C19H21IN2O3S/c1-26-12-11-17(19(24)21-15-9-7-14(20)8-10-15)22-18(23)13-25-16-5-3-2-4-6-16/h2-10,17H,11-13H2,1H3,(H,21,24)(H,22,23)/t17-/m1/s1. The largest absolute Gasteiger partial charge is 0.484 e. The van der Waals surface area contributed by atoms with E-state index in [4.69, 9.17) is 4.74 Å². The van der Waals surface area contributed by atoms with Crippen molar-refractivity contribution in [3.05, 3.63) is 58.2 Å². The summed E-state index contributed by atoms with van der Waals surface area (Å²) in [6, 6.07) is 16.0. The first-order valence-electron chi connectivity index (χ1n) is 8.11. The summed E-state index contributed by atoms with van der Waals surface area (Å²) in [4.78, 5) is 24.7. The number of carbonyl (C=O) groups excluding carboxylic acids is 2. The van der Waals surface area contributed by atoms with Gasteiger partial charge in [0.1, 0.15) is 11.8 Å². The Labute approximate surface area is 171 Å². The maximum Gasteiger partial charge on any atom is 0.258 e. The number of halogens is 1. The van der Waals surface area contributed by atoms with E-state index in [1.807, 2.05) is 48.7 Å². The molecular formula is C19H21IN2O3S. The van der Waals surface area contributed by atoms with E-state index in [1.54, 1.807) is 23.9 Å². The average molecular weight is 484 g/mol. The summed E-state index contributed by atoms with van der Waals surface area (Å²) in [6.07, 6.45) is 2.52. The van der Waals surface area contributed by atoms with Crippen LogP contribution in [0.4, 0.5) is 5.69 Å². The molecule has 0 heterocycles. The molecule has 2 N–H and O–H groups in total. The van der Waals surface area contributed by atoms with Gasteiger partial charge in [-0.05, 0) is 77.4 Å². The highest BCUT2D eigenvalue weighted by molar-refractivity contribution is 14.1. The molecule has 2 rings (SSSR count). The van der Waals surface area contributed by atoms with Crippen molar-refractivity contribution in [3.63, 3.8) is 0 Å². The van der Waals surface area contributed by atoms with Gasteiger partial charge < -0.3 is 15.4 Å². The summed E-state index contributed by atoms with van der Waals surface area (Å²) in [5.41, 5.74) is 0.708. The zero-order valence-electron chi connectivity index (χ0n) is 14.4. The number of anilines is 1. The van der Waals surface area contributed by atoms with Gasteiger partial charge in [-0.15, -0.1) is 0 Å².